The highest BCUT2D eigenvalue weighted by molar-refractivity contribution is 5.94. The van der Waals surface area contributed by atoms with Crippen molar-refractivity contribution in [1.29, 1.82) is 0 Å². The molecule has 0 atom stereocenters. The Kier molecular flexibility index (Phi) is 3.24. The van der Waals surface area contributed by atoms with Crippen molar-refractivity contribution < 1.29 is 9.53 Å². The van der Waals surface area contributed by atoms with E-state index >= 15 is 0 Å². The summed E-state index contributed by atoms with van der Waals surface area (Å²) in [6.07, 6.45) is 0. The number of hydrogen-bond donors (Lipinski definition) is 0. The molecule has 0 radical (unpaired) electrons. The molecule has 4 aromatic rings. The first kappa shape index (κ1) is 13.5. The molecular weight excluding hydrogens is 286 g/mol. The number of benzene rings is 3. The number of para-hydroxylation sites is 1. The van der Waals surface area contributed by atoms with Crippen molar-refractivity contribution >= 4 is 27.8 Å². The van der Waals surface area contributed by atoms with Crippen LogP contribution >= 0.6 is 0 Å². The SMILES string of the molecule is O=C(Oc1ccc2nc3ccccc3cc2c1)c1ccccc1. The van der Waals surface area contributed by atoms with Crippen molar-refractivity contribution in [2.75, 3.05) is 0 Å². The van der Waals surface area contributed by atoms with Gasteiger partial charge in [-0.3, -0.25) is 0 Å². The Bertz CT molecular complexity index is 1010. The Morgan fingerprint density at radius 1 is 0.739 bits per heavy atom. The van der Waals surface area contributed by atoms with Gasteiger partial charge in [-0.05, 0) is 42.5 Å². The van der Waals surface area contributed by atoms with Gasteiger partial charge in [0.1, 0.15) is 5.75 Å². The molecule has 0 aliphatic heterocycles. The van der Waals surface area contributed by atoms with Crippen LogP contribution in [-0.2, 0) is 0 Å². The minimum atomic E-state index is -0.362. The smallest absolute Gasteiger partial charge is 0.343 e. The zero-order valence-corrected chi connectivity index (χ0v) is 12.3. The number of nitrogens with zero attached hydrogens (tertiary/aromatic N) is 1. The normalized spacial score (nSPS) is 10.8. The summed E-state index contributed by atoms with van der Waals surface area (Å²) in [7, 11) is 0. The maximum absolute atomic E-state index is 12.1. The van der Waals surface area contributed by atoms with Crippen LogP contribution in [0.3, 0.4) is 0 Å². The molecule has 3 heteroatoms. The van der Waals surface area contributed by atoms with Crippen LogP contribution in [0, 0.1) is 0 Å². The molecule has 1 aromatic heterocycles. The van der Waals surface area contributed by atoms with E-state index in [9.17, 15) is 4.79 Å². The third-order valence-corrected chi connectivity index (χ3v) is 3.71. The quantitative estimate of drug-likeness (QED) is 0.308. The average molecular weight is 299 g/mol. The molecule has 0 bridgehead atoms. The van der Waals surface area contributed by atoms with E-state index in [1.165, 1.54) is 0 Å². The first-order valence-corrected chi connectivity index (χ1v) is 7.36. The maximum Gasteiger partial charge on any atom is 0.343 e. The van der Waals surface area contributed by atoms with Crippen LogP contribution in [0.5, 0.6) is 5.75 Å². The van der Waals surface area contributed by atoms with E-state index in [1.54, 1.807) is 18.2 Å². The zero-order valence-electron chi connectivity index (χ0n) is 12.3. The summed E-state index contributed by atoms with van der Waals surface area (Å²) in [4.78, 5) is 16.7. The Morgan fingerprint density at radius 3 is 2.35 bits per heavy atom. The van der Waals surface area contributed by atoms with E-state index in [4.69, 9.17) is 4.74 Å². The fraction of sp³-hybridized carbons (Fsp3) is 0. The summed E-state index contributed by atoms with van der Waals surface area (Å²) in [5, 5.41) is 2.01. The Labute approximate surface area is 133 Å². The number of ether oxygens (including phenoxy) is 1. The van der Waals surface area contributed by atoms with Crippen LogP contribution in [0.2, 0.25) is 0 Å². The van der Waals surface area contributed by atoms with E-state index in [1.807, 2.05) is 54.6 Å². The molecule has 3 aromatic carbocycles. The molecule has 0 spiro atoms. The van der Waals surface area contributed by atoms with Gasteiger partial charge in [0.05, 0.1) is 16.6 Å². The van der Waals surface area contributed by atoms with Crippen molar-refractivity contribution in [2.45, 2.75) is 0 Å². The third kappa shape index (κ3) is 2.64. The molecule has 0 aliphatic rings. The van der Waals surface area contributed by atoms with Gasteiger partial charge in [0, 0.05) is 10.8 Å². The molecule has 0 fully saturated rings. The molecule has 3 nitrogen and oxygen atoms in total. The number of esters is 1. The molecule has 0 saturated carbocycles. The maximum atomic E-state index is 12.1. The Morgan fingerprint density at radius 2 is 1.48 bits per heavy atom. The minimum Gasteiger partial charge on any atom is -0.423 e. The van der Waals surface area contributed by atoms with Gasteiger partial charge >= 0.3 is 5.97 Å². The third-order valence-electron chi connectivity index (χ3n) is 3.71. The molecule has 0 amide bonds. The monoisotopic (exact) mass is 299 g/mol. The second-order valence-corrected chi connectivity index (χ2v) is 5.29. The highest BCUT2D eigenvalue weighted by atomic mass is 16.5. The number of rotatable bonds is 2. The van der Waals surface area contributed by atoms with Gasteiger partial charge < -0.3 is 4.74 Å². The average Bonchev–Trinajstić information content (AvgIpc) is 2.60. The molecule has 110 valence electrons. The summed E-state index contributed by atoms with van der Waals surface area (Å²) in [6, 6.07) is 24.4. The molecule has 0 N–H and O–H groups in total. The van der Waals surface area contributed by atoms with E-state index in [0.29, 0.717) is 11.3 Å². The van der Waals surface area contributed by atoms with Gasteiger partial charge in [0.15, 0.2) is 0 Å². The lowest BCUT2D eigenvalue weighted by atomic mass is 10.1. The van der Waals surface area contributed by atoms with Crippen LogP contribution in [0.4, 0.5) is 0 Å². The van der Waals surface area contributed by atoms with Crippen molar-refractivity contribution in [3.63, 3.8) is 0 Å². The topological polar surface area (TPSA) is 39.2 Å². The first-order chi connectivity index (χ1) is 11.3. The molecule has 0 aliphatic carbocycles. The van der Waals surface area contributed by atoms with Gasteiger partial charge in [0.2, 0.25) is 0 Å². The summed E-state index contributed by atoms with van der Waals surface area (Å²) in [6.45, 7) is 0. The van der Waals surface area contributed by atoms with Gasteiger partial charge in [0.25, 0.3) is 0 Å². The Balaban J connectivity index is 1.71. The van der Waals surface area contributed by atoms with Crippen molar-refractivity contribution in [1.82, 2.24) is 4.98 Å². The van der Waals surface area contributed by atoms with Crippen LogP contribution in [0.15, 0.2) is 78.9 Å². The number of carbonyl (C=O) groups excluding carboxylic acids is 1. The molecule has 0 saturated heterocycles. The van der Waals surface area contributed by atoms with E-state index in [2.05, 4.69) is 11.1 Å². The minimum absolute atomic E-state index is 0.362. The highest BCUT2D eigenvalue weighted by Gasteiger charge is 2.08. The van der Waals surface area contributed by atoms with Crippen LogP contribution in [0.25, 0.3) is 21.8 Å². The van der Waals surface area contributed by atoms with Gasteiger partial charge in [-0.2, -0.15) is 0 Å². The fourth-order valence-electron chi connectivity index (χ4n) is 2.56. The molecule has 23 heavy (non-hydrogen) atoms. The predicted molar refractivity (Wildman–Crippen MR) is 90.6 cm³/mol. The van der Waals surface area contributed by atoms with Gasteiger partial charge in [-0.1, -0.05) is 36.4 Å². The number of fused-ring (bicyclic) bond motifs is 2. The second-order valence-electron chi connectivity index (χ2n) is 5.29. The standard InChI is InChI=1S/C20H13NO2/c22-20(14-6-2-1-3-7-14)23-17-10-11-19-16(13-17)12-15-8-4-5-9-18(15)21-19/h1-13H. The number of pyridine rings is 1. The van der Waals surface area contributed by atoms with E-state index in [0.717, 1.165) is 21.8 Å². The van der Waals surface area contributed by atoms with Crippen LogP contribution in [-0.4, -0.2) is 11.0 Å². The van der Waals surface area contributed by atoms with E-state index in [-0.39, 0.29) is 5.97 Å². The van der Waals surface area contributed by atoms with Crippen LogP contribution in [0.1, 0.15) is 10.4 Å². The van der Waals surface area contributed by atoms with Gasteiger partial charge in [-0.25, -0.2) is 9.78 Å². The molecule has 0 unspecified atom stereocenters. The van der Waals surface area contributed by atoms with Crippen molar-refractivity contribution in [3.8, 4) is 5.75 Å². The lowest BCUT2D eigenvalue weighted by Crippen LogP contribution is -2.07. The summed E-state index contributed by atoms with van der Waals surface area (Å²) < 4.78 is 5.45. The summed E-state index contributed by atoms with van der Waals surface area (Å²) >= 11 is 0. The number of carbonyl (C=O) groups is 1. The molecule has 1 heterocycles. The zero-order chi connectivity index (χ0) is 15.6. The van der Waals surface area contributed by atoms with Crippen LogP contribution < -0.4 is 4.74 Å². The lowest BCUT2D eigenvalue weighted by molar-refractivity contribution is 0.0735. The Hall–Kier alpha value is -3.20. The summed E-state index contributed by atoms with van der Waals surface area (Å²) in [5.41, 5.74) is 2.36. The fourth-order valence-corrected chi connectivity index (χ4v) is 2.56. The lowest BCUT2D eigenvalue weighted by Gasteiger charge is -2.06. The molecule has 4 rings (SSSR count). The van der Waals surface area contributed by atoms with Gasteiger partial charge in [-0.15, -0.1) is 0 Å². The number of hydrogen-bond acceptors (Lipinski definition) is 3. The first-order valence-electron chi connectivity index (χ1n) is 7.36. The predicted octanol–water partition coefficient (Wildman–Crippen LogP) is 4.61. The van der Waals surface area contributed by atoms with Crippen molar-refractivity contribution in [2.24, 2.45) is 0 Å². The largest absolute Gasteiger partial charge is 0.423 e. The molecular formula is C20H13NO2. The second kappa shape index (κ2) is 5.54. The summed E-state index contributed by atoms with van der Waals surface area (Å²) in [5.74, 6) is 0.155. The highest BCUT2D eigenvalue weighted by Crippen LogP contribution is 2.24. The van der Waals surface area contributed by atoms with E-state index < -0.39 is 0 Å². The van der Waals surface area contributed by atoms with Crippen molar-refractivity contribution in [3.05, 3.63) is 84.4 Å². The number of aromatic nitrogens is 1.